The Bertz CT molecular complexity index is 899. The Labute approximate surface area is 153 Å². The number of rotatable bonds is 4. The molecule has 0 unspecified atom stereocenters. The standard InChI is InChI=1S/C20H22N4O2/c1-14-12-20(2,3)23(4)19-10-5-15(11-18(14)19)13-21-22-16-6-8-17(9-7-16)24(25)26/h5-13,22H,1-4H3/b21-13+. The average molecular weight is 350 g/mol. The van der Waals surface area contributed by atoms with Gasteiger partial charge in [0.2, 0.25) is 0 Å². The maximum atomic E-state index is 10.7. The second-order valence-corrected chi connectivity index (χ2v) is 6.99. The molecule has 2 aromatic carbocycles. The molecule has 1 heterocycles. The number of benzene rings is 2. The molecular formula is C20H22N4O2. The Balaban J connectivity index is 1.76. The maximum Gasteiger partial charge on any atom is 0.269 e. The topological polar surface area (TPSA) is 70.8 Å². The number of anilines is 2. The average Bonchev–Trinajstić information content (AvgIpc) is 2.60. The first-order valence-corrected chi connectivity index (χ1v) is 8.39. The van der Waals surface area contributed by atoms with Gasteiger partial charge in [-0.2, -0.15) is 5.10 Å². The zero-order chi connectivity index (χ0) is 18.9. The van der Waals surface area contributed by atoms with Crippen molar-refractivity contribution in [1.82, 2.24) is 0 Å². The summed E-state index contributed by atoms with van der Waals surface area (Å²) in [7, 11) is 2.10. The zero-order valence-electron chi connectivity index (χ0n) is 15.4. The molecule has 0 fully saturated rings. The third-order valence-electron chi connectivity index (χ3n) is 4.73. The predicted molar refractivity (Wildman–Crippen MR) is 107 cm³/mol. The van der Waals surface area contributed by atoms with E-state index in [-0.39, 0.29) is 11.2 Å². The summed E-state index contributed by atoms with van der Waals surface area (Å²) < 4.78 is 0. The molecule has 0 saturated heterocycles. The number of hydrogen-bond donors (Lipinski definition) is 1. The van der Waals surface area contributed by atoms with Crippen molar-refractivity contribution in [2.75, 3.05) is 17.4 Å². The molecule has 2 aromatic rings. The molecule has 26 heavy (non-hydrogen) atoms. The molecule has 0 spiro atoms. The Kier molecular flexibility index (Phi) is 4.50. The lowest BCUT2D eigenvalue weighted by molar-refractivity contribution is -0.384. The van der Waals surface area contributed by atoms with Crippen LogP contribution < -0.4 is 10.3 Å². The number of hydrogen-bond acceptors (Lipinski definition) is 5. The minimum atomic E-state index is -0.422. The highest BCUT2D eigenvalue weighted by Gasteiger charge is 2.28. The van der Waals surface area contributed by atoms with E-state index in [0.717, 1.165) is 5.56 Å². The molecule has 0 bridgehead atoms. The van der Waals surface area contributed by atoms with E-state index in [9.17, 15) is 10.1 Å². The summed E-state index contributed by atoms with van der Waals surface area (Å²) in [6.07, 6.45) is 4.01. The van der Waals surface area contributed by atoms with Crippen molar-refractivity contribution >= 4 is 28.8 Å². The predicted octanol–water partition coefficient (Wildman–Crippen LogP) is 4.67. The molecule has 3 rings (SSSR count). The fraction of sp³-hybridized carbons (Fsp3) is 0.250. The van der Waals surface area contributed by atoms with Crippen LogP contribution in [0.3, 0.4) is 0 Å². The van der Waals surface area contributed by atoms with Crippen LogP contribution in [0.4, 0.5) is 17.1 Å². The molecule has 0 aliphatic carbocycles. The molecule has 0 atom stereocenters. The van der Waals surface area contributed by atoms with Gasteiger partial charge < -0.3 is 4.90 Å². The van der Waals surface area contributed by atoms with Crippen LogP contribution in [-0.2, 0) is 0 Å². The Morgan fingerprint density at radius 3 is 2.54 bits per heavy atom. The Morgan fingerprint density at radius 1 is 1.19 bits per heavy atom. The molecule has 1 N–H and O–H groups in total. The van der Waals surface area contributed by atoms with E-state index in [4.69, 9.17) is 0 Å². The normalized spacial score (nSPS) is 15.5. The van der Waals surface area contributed by atoms with Gasteiger partial charge in [-0.15, -0.1) is 0 Å². The third-order valence-corrected chi connectivity index (χ3v) is 4.73. The summed E-state index contributed by atoms with van der Waals surface area (Å²) in [4.78, 5) is 12.5. The van der Waals surface area contributed by atoms with E-state index in [1.807, 2.05) is 6.07 Å². The molecule has 6 heteroatoms. The Morgan fingerprint density at radius 2 is 1.88 bits per heavy atom. The SMILES string of the molecule is CC1=CC(C)(C)N(C)c2ccc(/C=N/Nc3ccc([N+](=O)[O-])cc3)cc21. The fourth-order valence-electron chi connectivity index (χ4n) is 3.10. The number of nitro groups is 1. The second kappa shape index (κ2) is 6.63. The van der Waals surface area contributed by atoms with Crippen molar-refractivity contribution < 1.29 is 4.92 Å². The van der Waals surface area contributed by atoms with Crippen LogP contribution in [0.25, 0.3) is 5.57 Å². The van der Waals surface area contributed by atoms with Gasteiger partial charge in [-0.05, 0) is 56.2 Å². The van der Waals surface area contributed by atoms with Crippen molar-refractivity contribution in [2.24, 2.45) is 5.10 Å². The number of fused-ring (bicyclic) bond motifs is 1. The Hall–Kier alpha value is -3.15. The van der Waals surface area contributed by atoms with E-state index < -0.39 is 4.92 Å². The van der Waals surface area contributed by atoms with E-state index in [2.05, 4.69) is 61.5 Å². The molecule has 0 saturated carbocycles. The van der Waals surface area contributed by atoms with E-state index >= 15 is 0 Å². The van der Waals surface area contributed by atoms with Crippen LogP contribution in [-0.4, -0.2) is 23.7 Å². The number of allylic oxidation sites excluding steroid dienone is 1. The van der Waals surface area contributed by atoms with Gasteiger partial charge >= 0.3 is 0 Å². The molecule has 1 aliphatic rings. The molecule has 0 amide bonds. The van der Waals surface area contributed by atoms with E-state index in [1.165, 1.54) is 29.0 Å². The maximum absolute atomic E-state index is 10.7. The lowest BCUT2D eigenvalue weighted by Crippen LogP contribution is -2.42. The highest BCUT2D eigenvalue weighted by Crippen LogP contribution is 2.37. The number of nitrogens with zero attached hydrogens (tertiary/aromatic N) is 3. The fourth-order valence-corrected chi connectivity index (χ4v) is 3.10. The van der Waals surface area contributed by atoms with Crippen molar-refractivity contribution in [3.05, 3.63) is 69.8 Å². The van der Waals surface area contributed by atoms with Crippen molar-refractivity contribution in [1.29, 1.82) is 0 Å². The molecular weight excluding hydrogens is 328 g/mol. The first-order valence-electron chi connectivity index (χ1n) is 8.39. The quantitative estimate of drug-likeness (QED) is 0.494. The van der Waals surface area contributed by atoms with Crippen LogP contribution >= 0.6 is 0 Å². The summed E-state index contributed by atoms with van der Waals surface area (Å²) in [5, 5.41) is 14.9. The molecule has 134 valence electrons. The van der Waals surface area contributed by atoms with Gasteiger partial charge in [0, 0.05) is 30.4 Å². The summed E-state index contributed by atoms with van der Waals surface area (Å²) in [5.74, 6) is 0. The number of nitro benzene ring substituents is 1. The molecule has 0 radical (unpaired) electrons. The number of likely N-dealkylation sites (N-methyl/N-ethyl adjacent to an activating group) is 1. The van der Waals surface area contributed by atoms with Gasteiger partial charge in [-0.25, -0.2) is 0 Å². The van der Waals surface area contributed by atoms with Crippen LogP contribution in [0.2, 0.25) is 0 Å². The highest BCUT2D eigenvalue weighted by atomic mass is 16.6. The van der Waals surface area contributed by atoms with Gasteiger partial charge in [-0.1, -0.05) is 12.1 Å². The minimum absolute atomic E-state index is 0.00976. The van der Waals surface area contributed by atoms with Gasteiger partial charge in [0.1, 0.15) is 0 Å². The highest BCUT2D eigenvalue weighted by molar-refractivity contribution is 5.88. The van der Waals surface area contributed by atoms with Gasteiger partial charge in [0.05, 0.1) is 22.4 Å². The second-order valence-electron chi connectivity index (χ2n) is 6.99. The monoisotopic (exact) mass is 350 g/mol. The smallest absolute Gasteiger partial charge is 0.269 e. The van der Waals surface area contributed by atoms with E-state index in [0.29, 0.717) is 5.69 Å². The van der Waals surface area contributed by atoms with Crippen LogP contribution in [0, 0.1) is 10.1 Å². The zero-order valence-corrected chi connectivity index (χ0v) is 15.4. The largest absolute Gasteiger partial charge is 0.366 e. The van der Waals surface area contributed by atoms with Crippen molar-refractivity contribution in [3.8, 4) is 0 Å². The lowest BCUT2D eigenvalue weighted by atomic mass is 9.89. The van der Waals surface area contributed by atoms with Crippen LogP contribution in [0.1, 0.15) is 31.9 Å². The summed E-state index contributed by atoms with van der Waals surface area (Å²) in [6, 6.07) is 12.4. The number of non-ortho nitro benzene ring substituents is 1. The van der Waals surface area contributed by atoms with Gasteiger partial charge in [0.15, 0.2) is 0 Å². The number of hydrazone groups is 1. The molecule has 1 aliphatic heterocycles. The summed E-state index contributed by atoms with van der Waals surface area (Å²) in [5.41, 5.74) is 8.28. The lowest BCUT2D eigenvalue weighted by Gasteiger charge is -2.40. The first-order chi connectivity index (χ1) is 12.3. The van der Waals surface area contributed by atoms with E-state index in [1.54, 1.807) is 18.3 Å². The van der Waals surface area contributed by atoms with Crippen LogP contribution in [0.5, 0.6) is 0 Å². The molecule has 6 nitrogen and oxygen atoms in total. The van der Waals surface area contributed by atoms with Crippen LogP contribution in [0.15, 0.2) is 53.6 Å². The molecule has 0 aromatic heterocycles. The van der Waals surface area contributed by atoms with Crippen molar-refractivity contribution in [2.45, 2.75) is 26.3 Å². The minimum Gasteiger partial charge on any atom is -0.366 e. The van der Waals surface area contributed by atoms with Crippen molar-refractivity contribution in [3.63, 3.8) is 0 Å². The summed E-state index contributed by atoms with van der Waals surface area (Å²) in [6.45, 7) is 6.52. The first kappa shape index (κ1) is 17.7. The van der Waals surface area contributed by atoms with Gasteiger partial charge in [-0.3, -0.25) is 15.5 Å². The number of nitrogens with one attached hydrogen (secondary N) is 1. The third kappa shape index (κ3) is 3.44. The van der Waals surface area contributed by atoms with Gasteiger partial charge in [0.25, 0.3) is 5.69 Å². The summed E-state index contributed by atoms with van der Waals surface area (Å²) >= 11 is 0.